The van der Waals surface area contributed by atoms with Crippen LogP contribution in [-0.4, -0.2) is 51.4 Å². The van der Waals surface area contributed by atoms with Crippen molar-refractivity contribution in [3.63, 3.8) is 0 Å². The van der Waals surface area contributed by atoms with Crippen LogP contribution in [0.3, 0.4) is 0 Å². The van der Waals surface area contributed by atoms with E-state index in [1.54, 1.807) is 42.5 Å². The second kappa shape index (κ2) is 16.0. The topological polar surface area (TPSA) is 96.0 Å². The third-order valence-corrected chi connectivity index (χ3v) is 9.69. The van der Waals surface area contributed by atoms with Crippen molar-refractivity contribution in [2.24, 2.45) is 0 Å². The van der Waals surface area contributed by atoms with E-state index in [4.69, 9.17) is 27.9 Å². The molecule has 2 amide bonds. The van der Waals surface area contributed by atoms with Crippen LogP contribution >= 0.6 is 23.2 Å². The molecule has 0 saturated heterocycles. The number of aryl methyl sites for hydroxylation is 1. The number of rotatable bonds is 14. The molecule has 0 radical (unpaired) electrons. The minimum atomic E-state index is -4.27. The van der Waals surface area contributed by atoms with Gasteiger partial charge in [-0.2, -0.15) is 0 Å². The molecule has 4 rings (SSSR count). The zero-order valence-electron chi connectivity index (χ0n) is 26.0. The summed E-state index contributed by atoms with van der Waals surface area (Å²) in [6.45, 7) is 3.62. The average molecular weight is 683 g/mol. The maximum absolute atomic E-state index is 14.5. The molecule has 0 saturated carbocycles. The van der Waals surface area contributed by atoms with Crippen LogP contribution in [0.1, 0.15) is 30.0 Å². The Bertz CT molecular complexity index is 1750. The number of carbonyl (C=O) groups excluding carboxylic acids is 2. The lowest BCUT2D eigenvalue weighted by atomic mass is 10.0. The first-order valence-electron chi connectivity index (χ1n) is 14.8. The fourth-order valence-corrected chi connectivity index (χ4v) is 6.80. The lowest BCUT2D eigenvalue weighted by Gasteiger charge is -2.34. The minimum Gasteiger partial charge on any atom is -0.495 e. The summed E-state index contributed by atoms with van der Waals surface area (Å²) in [4.78, 5) is 29.7. The molecule has 1 atom stereocenters. The standard InChI is InChI=1S/C35H37Cl2N3O5S/c1-4-19-38-35(42)32(21-26-9-6-5-7-10-26)39(23-27-11-8-12-28(36)20-27)34(41)24-40(29-15-18-33(45-3)31(37)22-29)46(43,44)30-16-13-25(2)14-17-30/h5-18,20,22,32H,4,19,21,23-24H2,1-3H3,(H,38,42)/t32-/m0/s1. The molecule has 0 unspecified atom stereocenters. The number of sulfonamides is 1. The lowest BCUT2D eigenvalue weighted by Crippen LogP contribution is -2.53. The summed E-state index contributed by atoms with van der Waals surface area (Å²) < 4.78 is 34.7. The van der Waals surface area contributed by atoms with E-state index in [1.165, 1.54) is 36.3 Å². The fraction of sp³-hybridized carbons (Fsp3) is 0.257. The van der Waals surface area contributed by atoms with E-state index in [-0.39, 0.29) is 34.5 Å². The normalized spacial score (nSPS) is 11.8. The molecule has 4 aromatic rings. The van der Waals surface area contributed by atoms with Crippen LogP contribution in [0.2, 0.25) is 10.0 Å². The van der Waals surface area contributed by atoms with Gasteiger partial charge in [0.05, 0.1) is 22.7 Å². The van der Waals surface area contributed by atoms with Crippen molar-refractivity contribution in [3.05, 3.63) is 124 Å². The Hall–Kier alpha value is -4.05. The number of halogens is 2. The van der Waals surface area contributed by atoms with Gasteiger partial charge in [-0.25, -0.2) is 8.42 Å². The third-order valence-electron chi connectivity index (χ3n) is 7.37. The van der Waals surface area contributed by atoms with E-state index in [0.717, 1.165) is 15.4 Å². The fourth-order valence-electron chi connectivity index (χ4n) is 4.93. The highest BCUT2D eigenvalue weighted by atomic mass is 35.5. The van der Waals surface area contributed by atoms with Crippen molar-refractivity contribution in [2.75, 3.05) is 24.5 Å². The smallest absolute Gasteiger partial charge is 0.264 e. The van der Waals surface area contributed by atoms with Gasteiger partial charge in [0.2, 0.25) is 11.8 Å². The number of methoxy groups -OCH3 is 1. The number of benzene rings is 4. The summed E-state index contributed by atoms with van der Waals surface area (Å²) in [5.41, 5.74) is 2.57. The molecule has 0 aliphatic rings. The number of nitrogens with one attached hydrogen (secondary N) is 1. The van der Waals surface area contributed by atoms with Crippen LogP contribution in [0, 0.1) is 6.92 Å². The second-order valence-electron chi connectivity index (χ2n) is 10.8. The van der Waals surface area contributed by atoms with Gasteiger partial charge >= 0.3 is 0 Å². The van der Waals surface area contributed by atoms with E-state index in [2.05, 4.69) is 5.32 Å². The number of anilines is 1. The van der Waals surface area contributed by atoms with E-state index >= 15 is 0 Å². The van der Waals surface area contributed by atoms with Crippen LogP contribution in [0.15, 0.2) is 102 Å². The monoisotopic (exact) mass is 681 g/mol. The van der Waals surface area contributed by atoms with Crippen molar-refractivity contribution in [2.45, 2.75) is 44.2 Å². The van der Waals surface area contributed by atoms with Crippen molar-refractivity contribution in [1.82, 2.24) is 10.2 Å². The molecule has 0 aliphatic carbocycles. The quantitative estimate of drug-likeness (QED) is 0.160. The molecule has 0 aliphatic heterocycles. The summed E-state index contributed by atoms with van der Waals surface area (Å²) in [5.74, 6) is -0.584. The molecule has 0 fully saturated rings. The molecular formula is C35H37Cl2N3O5S. The van der Waals surface area contributed by atoms with Gasteiger partial charge in [-0.3, -0.25) is 13.9 Å². The molecule has 0 spiro atoms. The second-order valence-corrected chi connectivity index (χ2v) is 13.5. The number of hydrogen-bond donors (Lipinski definition) is 1. The van der Waals surface area contributed by atoms with Crippen LogP contribution in [-0.2, 0) is 32.6 Å². The Labute approximate surface area is 280 Å². The van der Waals surface area contributed by atoms with Gasteiger partial charge in [0.25, 0.3) is 10.0 Å². The highest BCUT2D eigenvalue weighted by Crippen LogP contribution is 2.32. The molecule has 0 heterocycles. The highest BCUT2D eigenvalue weighted by molar-refractivity contribution is 7.92. The van der Waals surface area contributed by atoms with Gasteiger partial charge in [0, 0.05) is 24.5 Å². The van der Waals surface area contributed by atoms with Gasteiger partial charge in [0.15, 0.2) is 0 Å². The van der Waals surface area contributed by atoms with Crippen molar-refractivity contribution < 1.29 is 22.7 Å². The number of hydrogen-bond acceptors (Lipinski definition) is 5. The van der Waals surface area contributed by atoms with Crippen LogP contribution < -0.4 is 14.4 Å². The number of ether oxygens (including phenoxy) is 1. The molecule has 1 N–H and O–H groups in total. The first-order valence-corrected chi connectivity index (χ1v) is 17.0. The molecular weight excluding hydrogens is 645 g/mol. The molecule has 8 nitrogen and oxygen atoms in total. The molecule has 242 valence electrons. The summed E-state index contributed by atoms with van der Waals surface area (Å²) >= 11 is 12.7. The van der Waals surface area contributed by atoms with E-state index in [0.29, 0.717) is 29.3 Å². The predicted molar refractivity (Wildman–Crippen MR) is 183 cm³/mol. The van der Waals surface area contributed by atoms with Gasteiger partial charge < -0.3 is 15.0 Å². The third kappa shape index (κ3) is 8.81. The average Bonchev–Trinajstić information content (AvgIpc) is 3.04. The Morgan fingerprint density at radius 1 is 0.891 bits per heavy atom. The summed E-state index contributed by atoms with van der Waals surface area (Å²) in [5, 5.41) is 3.57. The number of nitrogens with zero attached hydrogens (tertiary/aromatic N) is 2. The van der Waals surface area contributed by atoms with E-state index < -0.39 is 28.5 Å². The lowest BCUT2D eigenvalue weighted by molar-refractivity contribution is -0.140. The Morgan fingerprint density at radius 3 is 2.22 bits per heavy atom. The SMILES string of the molecule is CCCNC(=O)[C@H](Cc1ccccc1)N(Cc1cccc(Cl)c1)C(=O)CN(c1ccc(OC)c(Cl)c1)S(=O)(=O)c1ccc(C)cc1. The maximum atomic E-state index is 14.5. The van der Waals surface area contributed by atoms with Crippen molar-refractivity contribution in [3.8, 4) is 5.75 Å². The maximum Gasteiger partial charge on any atom is 0.264 e. The first kappa shape index (κ1) is 34.8. The van der Waals surface area contributed by atoms with E-state index in [1.807, 2.05) is 44.2 Å². The molecule has 46 heavy (non-hydrogen) atoms. The Morgan fingerprint density at radius 2 is 1.59 bits per heavy atom. The zero-order valence-corrected chi connectivity index (χ0v) is 28.3. The Kier molecular flexibility index (Phi) is 12.1. The van der Waals surface area contributed by atoms with Crippen molar-refractivity contribution >= 4 is 50.7 Å². The van der Waals surface area contributed by atoms with E-state index in [9.17, 15) is 18.0 Å². The minimum absolute atomic E-state index is 0.000700. The number of amides is 2. The molecule has 0 bridgehead atoms. The summed E-state index contributed by atoms with van der Waals surface area (Å²) in [6.07, 6.45) is 0.911. The summed E-state index contributed by atoms with van der Waals surface area (Å²) in [6, 6.07) is 26.3. The molecule has 11 heteroatoms. The van der Waals surface area contributed by atoms with Crippen molar-refractivity contribution in [1.29, 1.82) is 0 Å². The predicted octanol–water partition coefficient (Wildman–Crippen LogP) is 6.67. The largest absolute Gasteiger partial charge is 0.495 e. The van der Waals surface area contributed by atoms with Gasteiger partial charge in [0.1, 0.15) is 18.3 Å². The van der Waals surface area contributed by atoms with Crippen LogP contribution in [0.25, 0.3) is 0 Å². The van der Waals surface area contributed by atoms with Crippen LogP contribution in [0.4, 0.5) is 5.69 Å². The first-order chi connectivity index (χ1) is 22.0. The molecule has 0 aromatic heterocycles. The van der Waals surface area contributed by atoms with Gasteiger partial charge in [-0.1, -0.05) is 90.3 Å². The van der Waals surface area contributed by atoms with Crippen LogP contribution in [0.5, 0.6) is 5.75 Å². The number of carbonyl (C=O) groups is 2. The summed E-state index contributed by atoms with van der Waals surface area (Å²) in [7, 11) is -2.82. The molecule has 4 aromatic carbocycles. The van der Waals surface area contributed by atoms with Gasteiger partial charge in [-0.05, 0) is 66.9 Å². The van der Waals surface area contributed by atoms with Gasteiger partial charge in [-0.15, -0.1) is 0 Å². The highest BCUT2D eigenvalue weighted by Gasteiger charge is 2.34. The Balaban J connectivity index is 1.82. The zero-order chi connectivity index (χ0) is 33.3.